The van der Waals surface area contributed by atoms with Crippen LogP contribution in [0.2, 0.25) is 0 Å². The van der Waals surface area contributed by atoms with Crippen molar-refractivity contribution in [2.75, 3.05) is 6.61 Å². The molecule has 0 radical (unpaired) electrons. The molecule has 0 bridgehead atoms. The molecule has 2 saturated carbocycles. The number of amides is 1. The van der Waals surface area contributed by atoms with Crippen molar-refractivity contribution in [1.29, 1.82) is 0 Å². The van der Waals surface area contributed by atoms with E-state index in [-0.39, 0.29) is 18.0 Å². The van der Waals surface area contributed by atoms with Crippen LogP contribution in [0.1, 0.15) is 70.4 Å². The molecule has 2 fully saturated rings. The molecular formula is C25H36N2O5. The van der Waals surface area contributed by atoms with Gasteiger partial charge >= 0.3 is 5.97 Å². The zero-order valence-corrected chi connectivity index (χ0v) is 19.4. The molecule has 0 aromatic heterocycles. The van der Waals surface area contributed by atoms with Crippen LogP contribution in [-0.2, 0) is 30.4 Å². The summed E-state index contributed by atoms with van der Waals surface area (Å²) in [5.41, 5.74) is 3.83. The second-order valence-electron chi connectivity index (χ2n) is 9.20. The molecule has 0 saturated heterocycles. The zero-order valence-electron chi connectivity index (χ0n) is 19.4. The second-order valence-corrected chi connectivity index (χ2v) is 9.20. The van der Waals surface area contributed by atoms with Crippen molar-refractivity contribution in [3.8, 4) is 0 Å². The Kier molecular flexibility index (Phi) is 8.84. The molecule has 32 heavy (non-hydrogen) atoms. The monoisotopic (exact) mass is 444 g/mol. The van der Waals surface area contributed by atoms with Crippen molar-refractivity contribution in [3.63, 3.8) is 0 Å². The van der Waals surface area contributed by atoms with E-state index in [4.69, 9.17) is 14.3 Å². The van der Waals surface area contributed by atoms with E-state index < -0.39 is 11.8 Å². The zero-order chi connectivity index (χ0) is 23.0. The molecular weight excluding hydrogens is 408 g/mol. The van der Waals surface area contributed by atoms with Gasteiger partial charge in [-0.15, -0.1) is 0 Å². The van der Waals surface area contributed by atoms with E-state index in [9.17, 15) is 9.59 Å². The number of carbonyl (C=O) groups is 2. The number of esters is 1. The van der Waals surface area contributed by atoms with Crippen molar-refractivity contribution in [3.05, 3.63) is 41.5 Å². The summed E-state index contributed by atoms with van der Waals surface area (Å²) in [6, 6.07) is 7.85. The number of carbonyl (C=O) groups excluding carboxylic acids is 2. The minimum absolute atomic E-state index is 0.0962. The van der Waals surface area contributed by atoms with Gasteiger partial charge in [0.15, 0.2) is 6.29 Å². The summed E-state index contributed by atoms with van der Waals surface area (Å²) >= 11 is 0. The maximum atomic E-state index is 12.5. The molecule has 1 unspecified atom stereocenters. The SMILES string of the molecule is CC(C)COC(C)ONC(=O)C=Cc1ccc(CNC2(C(=O)OC3CCCC3)CC2)cc1. The maximum Gasteiger partial charge on any atom is 0.326 e. The summed E-state index contributed by atoms with van der Waals surface area (Å²) in [4.78, 5) is 29.6. The summed E-state index contributed by atoms with van der Waals surface area (Å²) in [6.07, 6.45) is 8.68. The fraction of sp³-hybridized carbons (Fsp3) is 0.600. The van der Waals surface area contributed by atoms with Crippen LogP contribution in [0.25, 0.3) is 6.08 Å². The number of hydrogen-bond acceptors (Lipinski definition) is 6. The Morgan fingerprint density at radius 2 is 1.81 bits per heavy atom. The van der Waals surface area contributed by atoms with Gasteiger partial charge in [-0.05, 0) is 68.6 Å². The first-order valence-corrected chi connectivity index (χ1v) is 11.7. The van der Waals surface area contributed by atoms with E-state index in [1.807, 2.05) is 38.1 Å². The number of rotatable bonds is 12. The third kappa shape index (κ3) is 7.73. The van der Waals surface area contributed by atoms with Gasteiger partial charge in [0.1, 0.15) is 11.6 Å². The smallest absolute Gasteiger partial charge is 0.326 e. The molecule has 1 amide bonds. The average Bonchev–Trinajstić information content (AvgIpc) is 3.41. The van der Waals surface area contributed by atoms with Gasteiger partial charge in [0.2, 0.25) is 0 Å². The van der Waals surface area contributed by atoms with E-state index in [0.29, 0.717) is 19.1 Å². The fourth-order valence-corrected chi connectivity index (χ4v) is 3.58. The van der Waals surface area contributed by atoms with Crippen molar-refractivity contribution < 1.29 is 23.9 Å². The molecule has 0 aliphatic heterocycles. The molecule has 7 nitrogen and oxygen atoms in total. The Morgan fingerprint density at radius 3 is 2.44 bits per heavy atom. The Morgan fingerprint density at radius 1 is 1.12 bits per heavy atom. The topological polar surface area (TPSA) is 85.9 Å². The quantitative estimate of drug-likeness (QED) is 0.220. The summed E-state index contributed by atoms with van der Waals surface area (Å²) in [6.45, 7) is 7.00. The van der Waals surface area contributed by atoms with Crippen LogP contribution in [-0.4, -0.2) is 36.4 Å². The molecule has 0 heterocycles. The molecule has 2 N–H and O–H groups in total. The lowest BCUT2D eigenvalue weighted by Gasteiger charge is -2.19. The first kappa shape index (κ1) is 24.4. The van der Waals surface area contributed by atoms with Crippen LogP contribution in [0.5, 0.6) is 0 Å². The molecule has 3 rings (SSSR count). The van der Waals surface area contributed by atoms with Crippen LogP contribution < -0.4 is 10.8 Å². The predicted octanol–water partition coefficient (Wildman–Crippen LogP) is 3.87. The number of hydroxylamine groups is 1. The Hall–Kier alpha value is -2.22. The summed E-state index contributed by atoms with van der Waals surface area (Å²) in [5, 5.41) is 3.39. The van der Waals surface area contributed by atoms with E-state index in [1.54, 1.807) is 13.0 Å². The average molecular weight is 445 g/mol. The highest BCUT2D eigenvalue weighted by molar-refractivity contribution is 5.90. The van der Waals surface area contributed by atoms with Gasteiger partial charge in [-0.3, -0.25) is 14.9 Å². The van der Waals surface area contributed by atoms with Crippen molar-refractivity contribution in [1.82, 2.24) is 10.8 Å². The Labute approximate surface area is 190 Å². The second kappa shape index (κ2) is 11.6. The molecule has 1 aromatic rings. The summed E-state index contributed by atoms with van der Waals surface area (Å²) in [7, 11) is 0. The molecule has 2 aliphatic rings. The lowest BCUT2D eigenvalue weighted by atomic mass is 10.1. The van der Waals surface area contributed by atoms with Crippen molar-refractivity contribution in [2.24, 2.45) is 5.92 Å². The summed E-state index contributed by atoms with van der Waals surface area (Å²) < 4.78 is 11.1. The van der Waals surface area contributed by atoms with Crippen LogP contribution in [0.3, 0.4) is 0 Å². The largest absolute Gasteiger partial charge is 0.461 e. The molecule has 7 heteroatoms. The summed E-state index contributed by atoms with van der Waals surface area (Å²) in [5.74, 6) is -0.0522. The third-order valence-corrected chi connectivity index (χ3v) is 5.74. The fourth-order valence-electron chi connectivity index (χ4n) is 3.58. The van der Waals surface area contributed by atoms with Gasteiger partial charge < -0.3 is 9.47 Å². The van der Waals surface area contributed by atoms with Gasteiger partial charge in [0.05, 0.1) is 6.61 Å². The number of benzene rings is 1. The van der Waals surface area contributed by atoms with E-state index in [0.717, 1.165) is 49.7 Å². The highest BCUT2D eigenvalue weighted by Gasteiger charge is 2.51. The van der Waals surface area contributed by atoms with E-state index in [2.05, 4.69) is 10.8 Å². The molecule has 1 aromatic carbocycles. The van der Waals surface area contributed by atoms with Crippen LogP contribution in [0.15, 0.2) is 30.3 Å². The molecule has 2 aliphatic carbocycles. The van der Waals surface area contributed by atoms with Crippen LogP contribution >= 0.6 is 0 Å². The molecule has 1 atom stereocenters. The Bertz CT molecular complexity index is 780. The molecule has 0 spiro atoms. The van der Waals surface area contributed by atoms with Gasteiger partial charge in [0, 0.05) is 12.6 Å². The Balaban J connectivity index is 1.39. The lowest BCUT2D eigenvalue weighted by molar-refractivity contribution is -0.180. The number of nitrogens with one attached hydrogen (secondary N) is 2. The molecule has 176 valence electrons. The van der Waals surface area contributed by atoms with Gasteiger partial charge in [-0.1, -0.05) is 38.1 Å². The highest BCUT2D eigenvalue weighted by atomic mass is 16.8. The standard InChI is InChI=1S/C25H36N2O5/c1-18(2)17-30-19(3)32-27-23(28)13-12-20-8-10-21(11-9-20)16-26-25(14-15-25)24(29)31-22-6-4-5-7-22/h8-13,18-19,22,26H,4-7,14-17H2,1-3H3,(H,27,28). The minimum atomic E-state index is -0.508. The number of ether oxygens (including phenoxy) is 2. The first-order valence-electron chi connectivity index (χ1n) is 11.7. The van der Waals surface area contributed by atoms with E-state index in [1.165, 1.54) is 6.08 Å². The lowest BCUT2D eigenvalue weighted by Crippen LogP contribution is -2.41. The first-order chi connectivity index (χ1) is 15.4. The van der Waals surface area contributed by atoms with Crippen molar-refractivity contribution >= 4 is 18.0 Å². The minimum Gasteiger partial charge on any atom is -0.461 e. The number of hydrogen-bond donors (Lipinski definition) is 2. The van der Waals surface area contributed by atoms with Gasteiger partial charge in [-0.2, -0.15) is 0 Å². The predicted molar refractivity (Wildman–Crippen MR) is 122 cm³/mol. The van der Waals surface area contributed by atoms with Crippen LogP contribution in [0, 0.1) is 5.92 Å². The van der Waals surface area contributed by atoms with Gasteiger partial charge in [-0.25, -0.2) is 10.3 Å². The van der Waals surface area contributed by atoms with E-state index >= 15 is 0 Å². The normalized spacial score (nSPS) is 18.8. The van der Waals surface area contributed by atoms with Crippen LogP contribution in [0.4, 0.5) is 0 Å². The maximum absolute atomic E-state index is 12.5. The van der Waals surface area contributed by atoms with Gasteiger partial charge in [0.25, 0.3) is 5.91 Å². The third-order valence-electron chi connectivity index (χ3n) is 5.74. The van der Waals surface area contributed by atoms with Crippen molar-refractivity contribution in [2.45, 2.75) is 83.8 Å². The highest BCUT2D eigenvalue weighted by Crippen LogP contribution is 2.38.